The van der Waals surface area contributed by atoms with Gasteiger partial charge in [0.15, 0.2) is 0 Å². The van der Waals surface area contributed by atoms with Gasteiger partial charge in [-0.15, -0.1) is 0 Å². The Morgan fingerprint density at radius 1 is 1.21 bits per heavy atom. The number of aryl methyl sites for hydroxylation is 1. The van der Waals surface area contributed by atoms with Crippen LogP contribution in [0, 0.1) is 6.92 Å². The van der Waals surface area contributed by atoms with Gasteiger partial charge >= 0.3 is 0 Å². The normalized spacial score (nSPS) is 11.5. The summed E-state index contributed by atoms with van der Waals surface area (Å²) in [5.74, 6) is 0.206. The number of aromatic amines is 1. The number of amides is 1. The van der Waals surface area contributed by atoms with Crippen molar-refractivity contribution < 1.29 is 4.79 Å². The average molecular weight is 379 g/mol. The lowest BCUT2D eigenvalue weighted by Crippen LogP contribution is -2.34. The molecule has 3 aromatic rings. The first kappa shape index (κ1) is 19.5. The lowest BCUT2D eigenvalue weighted by molar-refractivity contribution is 0.0781. The Kier molecular flexibility index (Phi) is 5.18. The van der Waals surface area contributed by atoms with Gasteiger partial charge in [0.05, 0.1) is 17.6 Å². The summed E-state index contributed by atoms with van der Waals surface area (Å²) in [6.07, 6.45) is 3.59. The van der Waals surface area contributed by atoms with Crippen molar-refractivity contribution in [3.8, 4) is 5.69 Å². The second-order valence-electron chi connectivity index (χ2n) is 7.91. The number of hydrogen-bond donors (Lipinski definition) is 1. The van der Waals surface area contributed by atoms with Crippen LogP contribution in [-0.2, 0) is 12.0 Å². The summed E-state index contributed by atoms with van der Waals surface area (Å²) in [5, 5.41) is 4.34. The van der Waals surface area contributed by atoms with Crippen molar-refractivity contribution >= 4 is 5.91 Å². The molecule has 1 N–H and O–H groups in total. The van der Waals surface area contributed by atoms with Crippen molar-refractivity contribution in [3.63, 3.8) is 0 Å². The van der Waals surface area contributed by atoms with Gasteiger partial charge in [0.25, 0.3) is 11.5 Å². The van der Waals surface area contributed by atoms with Gasteiger partial charge in [-0.3, -0.25) is 9.59 Å². The van der Waals surface area contributed by atoms with E-state index >= 15 is 0 Å². The van der Waals surface area contributed by atoms with Gasteiger partial charge in [-0.05, 0) is 19.1 Å². The highest BCUT2D eigenvalue weighted by Crippen LogP contribution is 2.18. The molecular weight excluding hydrogens is 354 g/mol. The standard InChI is InChI=1S/C21H25N5O2/c1-14-17(18(27)24-20(23-14)21(2,3)4)19(28)25(5)12-15-11-22-26(13-15)16-9-7-6-8-10-16/h6-11,13H,12H2,1-5H3,(H,23,24,27). The van der Waals surface area contributed by atoms with E-state index in [2.05, 4.69) is 15.1 Å². The van der Waals surface area contributed by atoms with Crippen molar-refractivity contribution in [1.82, 2.24) is 24.6 Å². The second kappa shape index (κ2) is 7.42. The minimum Gasteiger partial charge on any atom is -0.337 e. The van der Waals surface area contributed by atoms with Crippen LogP contribution in [0.3, 0.4) is 0 Å². The molecule has 28 heavy (non-hydrogen) atoms. The number of rotatable bonds is 4. The molecule has 0 atom stereocenters. The van der Waals surface area contributed by atoms with E-state index in [4.69, 9.17) is 0 Å². The van der Waals surface area contributed by atoms with Crippen LogP contribution in [-0.4, -0.2) is 37.6 Å². The molecule has 0 aliphatic carbocycles. The Bertz CT molecular complexity index is 1040. The maximum absolute atomic E-state index is 12.9. The lowest BCUT2D eigenvalue weighted by Gasteiger charge is -2.20. The second-order valence-corrected chi connectivity index (χ2v) is 7.91. The van der Waals surface area contributed by atoms with Crippen LogP contribution in [0.1, 0.15) is 48.2 Å². The minimum absolute atomic E-state index is 0.0750. The molecule has 0 spiro atoms. The Morgan fingerprint density at radius 2 is 1.89 bits per heavy atom. The van der Waals surface area contributed by atoms with Gasteiger partial charge in [0.2, 0.25) is 0 Å². The zero-order valence-electron chi connectivity index (χ0n) is 16.9. The highest BCUT2D eigenvalue weighted by Gasteiger charge is 2.24. The molecule has 3 rings (SSSR count). The third-order valence-corrected chi connectivity index (χ3v) is 4.45. The third-order valence-electron chi connectivity index (χ3n) is 4.45. The fourth-order valence-electron chi connectivity index (χ4n) is 2.89. The fraction of sp³-hybridized carbons (Fsp3) is 0.333. The van der Waals surface area contributed by atoms with E-state index in [0.717, 1.165) is 11.3 Å². The molecular formula is C21H25N5O2. The van der Waals surface area contributed by atoms with Gasteiger partial charge < -0.3 is 9.88 Å². The molecule has 0 bridgehead atoms. The van der Waals surface area contributed by atoms with Gasteiger partial charge in [0.1, 0.15) is 11.4 Å². The van der Waals surface area contributed by atoms with E-state index in [1.165, 1.54) is 4.90 Å². The zero-order valence-corrected chi connectivity index (χ0v) is 16.9. The van der Waals surface area contributed by atoms with Gasteiger partial charge in [0, 0.05) is 30.8 Å². The fourth-order valence-corrected chi connectivity index (χ4v) is 2.89. The average Bonchev–Trinajstić information content (AvgIpc) is 3.09. The van der Waals surface area contributed by atoms with Gasteiger partial charge in [-0.25, -0.2) is 9.67 Å². The predicted octanol–water partition coefficient (Wildman–Crippen LogP) is 2.83. The molecule has 1 aromatic carbocycles. The van der Waals surface area contributed by atoms with Crippen molar-refractivity contribution in [3.05, 3.63) is 75.7 Å². The highest BCUT2D eigenvalue weighted by atomic mass is 16.2. The summed E-state index contributed by atoms with van der Waals surface area (Å²) in [4.78, 5) is 34.1. The van der Waals surface area contributed by atoms with Crippen LogP contribution in [0.15, 0.2) is 47.5 Å². The molecule has 7 heteroatoms. The van der Waals surface area contributed by atoms with Crippen LogP contribution in [0.25, 0.3) is 5.69 Å². The van der Waals surface area contributed by atoms with E-state index < -0.39 is 5.56 Å². The largest absolute Gasteiger partial charge is 0.337 e. The Labute approximate surface area is 164 Å². The van der Waals surface area contributed by atoms with Crippen molar-refractivity contribution in [2.75, 3.05) is 7.05 Å². The molecule has 0 saturated heterocycles. The number of nitrogens with zero attached hydrogens (tertiary/aromatic N) is 4. The quantitative estimate of drug-likeness (QED) is 0.755. The predicted molar refractivity (Wildman–Crippen MR) is 108 cm³/mol. The molecule has 2 heterocycles. The number of benzene rings is 1. The lowest BCUT2D eigenvalue weighted by atomic mass is 9.95. The Balaban J connectivity index is 1.81. The number of H-pyrrole nitrogens is 1. The molecule has 1 amide bonds. The molecule has 0 unspecified atom stereocenters. The molecule has 7 nitrogen and oxygen atoms in total. The molecule has 0 radical (unpaired) electrons. The van der Waals surface area contributed by atoms with Gasteiger partial charge in [-0.2, -0.15) is 5.10 Å². The van der Waals surface area contributed by atoms with Crippen LogP contribution in [0.4, 0.5) is 0 Å². The smallest absolute Gasteiger partial charge is 0.264 e. The Hall–Kier alpha value is -3.22. The molecule has 0 aliphatic rings. The summed E-state index contributed by atoms with van der Waals surface area (Å²) in [6.45, 7) is 7.92. The molecule has 0 fully saturated rings. The number of nitrogens with one attached hydrogen (secondary N) is 1. The maximum atomic E-state index is 12.9. The van der Waals surface area contributed by atoms with Crippen LogP contribution >= 0.6 is 0 Å². The minimum atomic E-state index is -0.408. The van der Waals surface area contributed by atoms with E-state index in [-0.39, 0.29) is 16.9 Å². The molecule has 0 saturated carbocycles. The van der Waals surface area contributed by atoms with Crippen LogP contribution in [0.2, 0.25) is 0 Å². The number of aromatic nitrogens is 4. The van der Waals surface area contributed by atoms with E-state index in [1.807, 2.05) is 57.3 Å². The summed E-state index contributed by atoms with van der Waals surface area (Å²) in [7, 11) is 1.67. The van der Waals surface area contributed by atoms with E-state index in [9.17, 15) is 9.59 Å². The number of hydrogen-bond acceptors (Lipinski definition) is 4. The first-order valence-corrected chi connectivity index (χ1v) is 9.12. The highest BCUT2D eigenvalue weighted by molar-refractivity contribution is 5.94. The Morgan fingerprint density at radius 3 is 2.50 bits per heavy atom. The van der Waals surface area contributed by atoms with E-state index in [1.54, 1.807) is 24.9 Å². The monoisotopic (exact) mass is 379 g/mol. The topological polar surface area (TPSA) is 83.9 Å². The van der Waals surface area contributed by atoms with Crippen LogP contribution < -0.4 is 5.56 Å². The number of carbonyl (C=O) groups excluding carboxylic acids is 1. The zero-order chi connectivity index (χ0) is 20.5. The van der Waals surface area contributed by atoms with Gasteiger partial charge in [-0.1, -0.05) is 39.0 Å². The summed E-state index contributed by atoms with van der Waals surface area (Å²) in [5.41, 5.74) is 1.61. The molecule has 2 aromatic heterocycles. The summed E-state index contributed by atoms with van der Waals surface area (Å²) in [6, 6.07) is 9.73. The molecule has 146 valence electrons. The first-order valence-electron chi connectivity index (χ1n) is 9.12. The van der Waals surface area contributed by atoms with Crippen molar-refractivity contribution in [1.29, 1.82) is 0 Å². The van der Waals surface area contributed by atoms with E-state index in [0.29, 0.717) is 18.1 Å². The number of carbonyl (C=O) groups is 1. The summed E-state index contributed by atoms with van der Waals surface area (Å²) >= 11 is 0. The SMILES string of the molecule is Cc1nc(C(C)(C)C)[nH]c(=O)c1C(=O)N(C)Cc1cnn(-c2ccccc2)c1. The molecule has 0 aliphatic heterocycles. The van der Waals surface area contributed by atoms with Crippen molar-refractivity contribution in [2.24, 2.45) is 0 Å². The van der Waals surface area contributed by atoms with Crippen LogP contribution in [0.5, 0.6) is 0 Å². The summed E-state index contributed by atoms with van der Waals surface area (Å²) < 4.78 is 1.76. The maximum Gasteiger partial charge on any atom is 0.264 e. The number of para-hydroxylation sites is 1. The van der Waals surface area contributed by atoms with Crippen molar-refractivity contribution in [2.45, 2.75) is 39.7 Å². The third kappa shape index (κ3) is 4.03. The first-order chi connectivity index (χ1) is 13.2.